The standard InChI is InChI=1S/C16H24N2O3/c1-12-9-18(10-14(11-19)21-12)16(20)15(17)8-7-13-5-3-2-4-6-13/h2-6,12,14-15,19H,7-11,17H2,1H3/t12?,14?,15-/m0/s1. The minimum atomic E-state index is -0.505. The second kappa shape index (κ2) is 7.54. The van der Waals surface area contributed by atoms with Crippen LogP contribution < -0.4 is 5.73 Å². The van der Waals surface area contributed by atoms with Crippen molar-refractivity contribution in [3.63, 3.8) is 0 Å². The molecule has 1 aromatic carbocycles. The number of nitrogens with zero attached hydrogens (tertiary/aromatic N) is 1. The first-order valence-electron chi connectivity index (χ1n) is 7.44. The van der Waals surface area contributed by atoms with Crippen molar-refractivity contribution in [3.05, 3.63) is 35.9 Å². The SMILES string of the molecule is CC1CN(C(=O)[C@@H](N)CCc2ccccc2)CC(CO)O1. The Morgan fingerprint density at radius 2 is 2.14 bits per heavy atom. The predicted octanol–water partition coefficient (Wildman–Crippen LogP) is 0.555. The fourth-order valence-corrected chi connectivity index (χ4v) is 2.65. The smallest absolute Gasteiger partial charge is 0.239 e. The van der Waals surface area contributed by atoms with Crippen molar-refractivity contribution in [3.8, 4) is 0 Å². The lowest BCUT2D eigenvalue weighted by Crippen LogP contribution is -2.54. The van der Waals surface area contributed by atoms with E-state index in [1.807, 2.05) is 37.3 Å². The summed E-state index contributed by atoms with van der Waals surface area (Å²) in [4.78, 5) is 14.1. The van der Waals surface area contributed by atoms with E-state index in [-0.39, 0.29) is 24.7 Å². The van der Waals surface area contributed by atoms with E-state index in [4.69, 9.17) is 10.5 Å². The van der Waals surface area contributed by atoms with E-state index in [1.54, 1.807) is 4.90 Å². The molecule has 1 aromatic rings. The van der Waals surface area contributed by atoms with E-state index in [2.05, 4.69) is 0 Å². The van der Waals surface area contributed by atoms with Gasteiger partial charge in [0.15, 0.2) is 0 Å². The highest BCUT2D eigenvalue weighted by atomic mass is 16.5. The van der Waals surface area contributed by atoms with Crippen LogP contribution in [0.5, 0.6) is 0 Å². The maximum Gasteiger partial charge on any atom is 0.239 e. The molecule has 5 nitrogen and oxygen atoms in total. The van der Waals surface area contributed by atoms with Crippen LogP contribution in [0.4, 0.5) is 0 Å². The zero-order valence-corrected chi connectivity index (χ0v) is 12.4. The Morgan fingerprint density at radius 1 is 1.43 bits per heavy atom. The molecule has 21 heavy (non-hydrogen) atoms. The van der Waals surface area contributed by atoms with Crippen molar-refractivity contribution < 1.29 is 14.6 Å². The first-order valence-corrected chi connectivity index (χ1v) is 7.44. The number of rotatable bonds is 5. The largest absolute Gasteiger partial charge is 0.394 e. The molecule has 1 amide bonds. The topological polar surface area (TPSA) is 75.8 Å². The average Bonchev–Trinajstić information content (AvgIpc) is 2.52. The first kappa shape index (κ1) is 15.9. The monoisotopic (exact) mass is 292 g/mol. The minimum absolute atomic E-state index is 0.0560. The molecular weight excluding hydrogens is 268 g/mol. The molecule has 116 valence electrons. The number of morpholine rings is 1. The van der Waals surface area contributed by atoms with Gasteiger partial charge in [0.1, 0.15) is 0 Å². The van der Waals surface area contributed by atoms with Crippen molar-refractivity contribution in [2.75, 3.05) is 19.7 Å². The third-order valence-corrected chi connectivity index (χ3v) is 3.75. The molecule has 1 fully saturated rings. The Kier molecular flexibility index (Phi) is 5.73. The number of ether oxygens (including phenoxy) is 1. The van der Waals surface area contributed by atoms with Gasteiger partial charge in [-0.3, -0.25) is 4.79 Å². The fraction of sp³-hybridized carbons (Fsp3) is 0.562. The van der Waals surface area contributed by atoms with Crippen LogP contribution in [0.25, 0.3) is 0 Å². The summed E-state index contributed by atoms with van der Waals surface area (Å²) in [5, 5.41) is 9.20. The van der Waals surface area contributed by atoms with E-state index in [0.717, 1.165) is 6.42 Å². The van der Waals surface area contributed by atoms with Crippen LogP contribution in [0.1, 0.15) is 18.9 Å². The van der Waals surface area contributed by atoms with Crippen LogP contribution >= 0.6 is 0 Å². The molecule has 5 heteroatoms. The van der Waals surface area contributed by atoms with Crippen molar-refractivity contribution >= 4 is 5.91 Å². The maximum atomic E-state index is 12.4. The number of aryl methyl sites for hydroxylation is 1. The lowest BCUT2D eigenvalue weighted by Gasteiger charge is -2.37. The summed E-state index contributed by atoms with van der Waals surface area (Å²) >= 11 is 0. The van der Waals surface area contributed by atoms with E-state index >= 15 is 0 Å². The normalized spacial score (nSPS) is 23.9. The summed E-state index contributed by atoms with van der Waals surface area (Å²) in [6.07, 6.45) is 1.04. The molecule has 2 unspecified atom stereocenters. The maximum absolute atomic E-state index is 12.4. The molecule has 3 N–H and O–H groups in total. The molecule has 1 saturated heterocycles. The third kappa shape index (κ3) is 4.52. The number of benzene rings is 1. The molecule has 1 aliphatic heterocycles. The van der Waals surface area contributed by atoms with Gasteiger partial charge in [-0.2, -0.15) is 0 Å². The van der Waals surface area contributed by atoms with Crippen LogP contribution in [0, 0.1) is 0 Å². The quantitative estimate of drug-likeness (QED) is 0.831. The molecule has 3 atom stereocenters. The Hall–Kier alpha value is -1.43. The van der Waals surface area contributed by atoms with Crippen molar-refractivity contribution in [2.45, 2.75) is 38.0 Å². The van der Waals surface area contributed by atoms with Gasteiger partial charge in [0, 0.05) is 13.1 Å². The van der Waals surface area contributed by atoms with Crippen molar-refractivity contribution in [1.82, 2.24) is 4.90 Å². The summed E-state index contributed by atoms with van der Waals surface area (Å²) in [5.41, 5.74) is 7.22. The molecular formula is C16H24N2O3. The van der Waals surface area contributed by atoms with Gasteiger partial charge < -0.3 is 20.5 Å². The van der Waals surface area contributed by atoms with E-state index in [0.29, 0.717) is 19.5 Å². The summed E-state index contributed by atoms with van der Waals surface area (Å²) < 4.78 is 5.54. The number of nitrogens with two attached hydrogens (primary N) is 1. The molecule has 0 saturated carbocycles. The molecule has 1 heterocycles. The van der Waals surface area contributed by atoms with E-state index in [1.165, 1.54) is 5.56 Å². The average molecular weight is 292 g/mol. The highest BCUT2D eigenvalue weighted by Crippen LogP contribution is 2.13. The zero-order chi connectivity index (χ0) is 15.2. The zero-order valence-electron chi connectivity index (χ0n) is 12.4. The lowest BCUT2D eigenvalue weighted by atomic mass is 10.0. The van der Waals surface area contributed by atoms with Crippen LogP contribution in [0.15, 0.2) is 30.3 Å². The third-order valence-electron chi connectivity index (χ3n) is 3.75. The second-order valence-corrected chi connectivity index (χ2v) is 5.63. The van der Waals surface area contributed by atoms with Crippen molar-refractivity contribution in [1.29, 1.82) is 0 Å². The van der Waals surface area contributed by atoms with Crippen LogP contribution in [0.3, 0.4) is 0 Å². The van der Waals surface area contributed by atoms with Gasteiger partial charge >= 0.3 is 0 Å². The molecule has 0 aromatic heterocycles. The molecule has 0 aliphatic carbocycles. The number of carbonyl (C=O) groups excluding carboxylic acids is 1. The number of hydrogen-bond donors (Lipinski definition) is 2. The summed E-state index contributed by atoms with van der Waals surface area (Å²) in [5.74, 6) is -0.0560. The minimum Gasteiger partial charge on any atom is -0.394 e. The number of hydrogen-bond acceptors (Lipinski definition) is 4. The fourth-order valence-electron chi connectivity index (χ4n) is 2.65. The Balaban J connectivity index is 1.86. The molecule has 0 bridgehead atoms. The Bertz CT molecular complexity index is 452. The second-order valence-electron chi connectivity index (χ2n) is 5.63. The summed E-state index contributed by atoms with van der Waals surface area (Å²) in [6, 6.07) is 9.51. The van der Waals surface area contributed by atoms with Crippen LogP contribution in [-0.4, -0.2) is 53.9 Å². The first-order chi connectivity index (χ1) is 10.1. The lowest BCUT2D eigenvalue weighted by molar-refractivity contribution is -0.148. The number of amides is 1. The molecule has 2 rings (SSSR count). The molecule has 1 aliphatic rings. The highest BCUT2D eigenvalue weighted by Gasteiger charge is 2.30. The van der Waals surface area contributed by atoms with Crippen LogP contribution in [0.2, 0.25) is 0 Å². The van der Waals surface area contributed by atoms with Gasteiger partial charge in [0.25, 0.3) is 0 Å². The van der Waals surface area contributed by atoms with Crippen molar-refractivity contribution in [2.24, 2.45) is 5.73 Å². The van der Waals surface area contributed by atoms with Gasteiger partial charge in [-0.25, -0.2) is 0 Å². The van der Waals surface area contributed by atoms with Gasteiger partial charge in [-0.05, 0) is 25.3 Å². The van der Waals surface area contributed by atoms with Crippen LogP contribution in [-0.2, 0) is 16.0 Å². The Morgan fingerprint density at radius 3 is 2.81 bits per heavy atom. The number of aliphatic hydroxyl groups excluding tert-OH is 1. The molecule has 0 spiro atoms. The van der Waals surface area contributed by atoms with Gasteiger partial charge in [0.2, 0.25) is 5.91 Å². The summed E-state index contributed by atoms with van der Waals surface area (Å²) in [7, 11) is 0. The summed E-state index contributed by atoms with van der Waals surface area (Å²) in [6.45, 7) is 2.78. The van der Waals surface area contributed by atoms with Gasteiger partial charge in [-0.15, -0.1) is 0 Å². The number of carbonyl (C=O) groups is 1. The molecule has 0 radical (unpaired) electrons. The van der Waals surface area contributed by atoms with Gasteiger partial charge in [0.05, 0.1) is 24.9 Å². The predicted molar refractivity (Wildman–Crippen MR) is 80.7 cm³/mol. The number of aliphatic hydroxyl groups is 1. The van der Waals surface area contributed by atoms with E-state index in [9.17, 15) is 9.90 Å². The van der Waals surface area contributed by atoms with Gasteiger partial charge in [-0.1, -0.05) is 30.3 Å². The highest BCUT2D eigenvalue weighted by molar-refractivity contribution is 5.81. The van der Waals surface area contributed by atoms with E-state index < -0.39 is 6.04 Å². The Labute approximate surface area is 125 Å².